The van der Waals surface area contributed by atoms with Crippen molar-refractivity contribution in [1.82, 2.24) is 0 Å². The van der Waals surface area contributed by atoms with E-state index in [4.69, 9.17) is 11.5 Å². The van der Waals surface area contributed by atoms with E-state index in [0.29, 0.717) is 23.7 Å². The first-order valence-corrected chi connectivity index (χ1v) is 4.71. The fraction of sp³-hybridized carbons (Fsp3) is 0.417. The Bertz CT molecular complexity index is 281. The molecule has 0 aliphatic carbocycles. The quantitative estimate of drug-likeness (QED) is 0.657. The van der Waals surface area contributed by atoms with Crippen molar-refractivity contribution in [3.63, 3.8) is 0 Å². The minimum absolute atomic E-state index is 0.302. The SMILES string of the molecule is C=C(N)CC(C)=C=CCC(C)C(=C)N. The van der Waals surface area contributed by atoms with E-state index in [0.717, 1.165) is 12.0 Å². The van der Waals surface area contributed by atoms with Crippen LogP contribution < -0.4 is 11.5 Å². The van der Waals surface area contributed by atoms with Crippen LogP contribution in [0, 0.1) is 5.92 Å². The highest BCUT2D eigenvalue weighted by molar-refractivity contribution is 5.08. The summed E-state index contributed by atoms with van der Waals surface area (Å²) < 4.78 is 0. The molecule has 0 aromatic rings. The summed E-state index contributed by atoms with van der Waals surface area (Å²) in [7, 11) is 0. The lowest BCUT2D eigenvalue weighted by molar-refractivity contribution is 0.689. The van der Waals surface area contributed by atoms with Gasteiger partial charge in [0.05, 0.1) is 0 Å². The van der Waals surface area contributed by atoms with Crippen LogP contribution in [0.2, 0.25) is 0 Å². The topological polar surface area (TPSA) is 52.0 Å². The predicted molar refractivity (Wildman–Crippen MR) is 62.3 cm³/mol. The van der Waals surface area contributed by atoms with Gasteiger partial charge in [0.1, 0.15) is 0 Å². The van der Waals surface area contributed by atoms with Gasteiger partial charge in [-0.15, -0.1) is 5.73 Å². The smallest absolute Gasteiger partial charge is 0.0147 e. The molecule has 0 radical (unpaired) electrons. The van der Waals surface area contributed by atoms with Crippen LogP contribution in [0.15, 0.2) is 41.9 Å². The lowest BCUT2D eigenvalue weighted by atomic mass is 10.1. The Morgan fingerprint density at radius 1 is 1.43 bits per heavy atom. The van der Waals surface area contributed by atoms with Crippen molar-refractivity contribution in [3.8, 4) is 0 Å². The van der Waals surface area contributed by atoms with Crippen LogP contribution in [0.4, 0.5) is 0 Å². The second kappa shape index (κ2) is 6.11. The van der Waals surface area contributed by atoms with Gasteiger partial charge in [0.2, 0.25) is 0 Å². The Kier molecular flexibility index (Phi) is 5.50. The van der Waals surface area contributed by atoms with Gasteiger partial charge in [-0.25, -0.2) is 0 Å². The average Bonchev–Trinajstić information content (AvgIpc) is 2.02. The van der Waals surface area contributed by atoms with E-state index in [1.54, 1.807) is 0 Å². The molecule has 0 amide bonds. The third-order valence-corrected chi connectivity index (χ3v) is 1.95. The van der Waals surface area contributed by atoms with Crippen LogP contribution in [0.25, 0.3) is 0 Å². The molecular formula is C12H20N2. The highest BCUT2D eigenvalue weighted by Gasteiger charge is 1.98. The zero-order chi connectivity index (χ0) is 11.1. The molecule has 4 N–H and O–H groups in total. The number of nitrogens with two attached hydrogens (primary N) is 2. The van der Waals surface area contributed by atoms with Crippen molar-refractivity contribution >= 4 is 0 Å². The lowest BCUT2D eigenvalue weighted by Crippen LogP contribution is -2.05. The van der Waals surface area contributed by atoms with E-state index >= 15 is 0 Å². The normalized spacial score (nSPS) is 11.3. The summed E-state index contributed by atoms with van der Waals surface area (Å²) in [6, 6.07) is 0. The van der Waals surface area contributed by atoms with E-state index in [2.05, 4.69) is 18.9 Å². The van der Waals surface area contributed by atoms with Crippen LogP contribution in [0.5, 0.6) is 0 Å². The number of hydrogen-bond acceptors (Lipinski definition) is 2. The van der Waals surface area contributed by atoms with Gasteiger partial charge < -0.3 is 11.5 Å². The zero-order valence-corrected chi connectivity index (χ0v) is 9.14. The van der Waals surface area contributed by atoms with E-state index < -0.39 is 0 Å². The van der Waals surface area contributed by atoms with Gasteiger partial charge in [-0.3, -0.25) is 0 Å². The van der Waals surface area contributed by atoms with Crippen LogP contribution in [-0.4, -0.2) is 0 Å². The lowest BCUT2D eigenvalue weighted by Gasteiger charge is -2.05. The second-order valence-electron chi connectivity index (χ2n) is 3.68. The second-order valence-corrected chi connectivity index (χ2v) is 3.68. The molecule has 0 aliphatic heterocycles. The van der Waals surface area contributed by atoms with Gasteiger partial charge in [-0.2, -0.15) is 0 Å². The van der Waals surface area contributed by atoms with Crippen molar-refractivity contribution in [2.24, 2.45) is 17.4 Å². The standard InChI is InChI=1S/C12H20N2/c1-9(8-11(3)13)6-5-7-10(2)12(4)14/h5,10H,3-4,7-8,13-14H2,1-2H3. The van der Waals surface area contributed by atoms with Crippen molar-refractivity contribution in [2.45, 2.75) is 26.7 Å². The summed E-state index contributed by atoms with van der Waals surface area (Å²) in [4.78, 5) is 0. The summed E-state index contributed by atoms with van der Waals surface area (Å²) in [6.45, 7) is 11.3. The van der Waals surface area contributed by atoms with E-state index in [9.17, 15) is 0 Å². The van der Waals surface area contributed by atoms with Crippen molar-refractivity contribution in [2.75, 3.05) is 0 Å². The van der Waals surface area contributed by atoms with Crippen LogP contribution in [-0.2, 0) is 0 Å². The van der Waals surface area contributed by atoms with Crippen LogP contribution in [0.3, 0.4) is 0 Å². The molecule has 0 saturated heterocycles. The van der Waals surface area contributed by atoms with Crippen LogP contribution in [0.1, 0.15) is 26.7 Å². The summed E-state index contributed by atoms with van der Waals surface area (Å²) in [5.74, 6) is 0.302. The van der Waals surface area contributed by atoms with Gasteiger partial charge in [-0.05, 0) is 30.9 Å². The summed E-state index contributed by atoms with van der Waals surface area (Å²) in [5, 5.41) is 0. The number of hydrogen-bond donors (Lipinski definition) is 2. The number of rotatable bonds is 5. The third kappa shape index (κ3) is 6.15. The number of allylic oxidation sites excluding steroid dienone is 2. The van der Waals surface area contributed by atoms with Crippen molar-refractivity contribution in [1.29, 1.82) is 0 Å². The molecule has 0 rings (SSSR count). The van der Waals surface area contributed by atoms with Gasteiger partial charge in [-0.1, -0.05) is 20.1 Å². The molecular weight excluding hydrogens is 172 g/mol. The molecule has 0 bridgehead atoms. The maximum Gasteiger partial charge on any atom is 0.0147 e. The Balaban J connectivity index is 4.15. The molecule has 14 heavy (non-hydrogen) atoms. The minimum Gasteiger partial charge on any atom is -0.402 e. The summed E-state index contributed by atoms with van der Waals surface area (Å²) in [5.41, 5.74) is 16.6. The summed E-state index contributed by atoms with van der Waals surface area (Å²) >= 11 is 0. The van der Waals surface area contributed by atoms with E-state index in [1.165, 1.54) is 0 Å². The maximum absolute atomic E-state index is 5.55. The maximum atomic E-state index is 5.55. The zero-order valence-electron chi connectivity index (χ0n) is 9.14. The van der Waals surface area contributed by atoms with E-state index in [-0.39, 0.29) is 0 Å². The Hall–Kier alpha value is -1.40. The van der Waals surface area contributed by atoms with Crippen LogP contribution >= 0.6 is 0 Å². The molecule has 0 aromatic carbocycles. The first kappa shape index (κ1) is 12.6. The molecule has 0 heterocycles. The first-order valence-electron chi connectivity index (χ1n) is 4.71. The van der Waals surface area contributed by atoms with Gasteiger partial charge in [0.15, 0.2) is 0 Å². The first-order chi connectivity index (χ1) is 6.43. The molecule has 0 aromatic heterocycles. The highest BCUT2D eigenvalue weighted by Crippen LogP contribution is 2.08. The van der Waals surface area contributed by atoms with Crippen molar-refractivity contribution in [3.05, 3.63) is 41.9 Å². The molecule has 2 nitrogen and oxygen atoms in total. The molecule has 1 unspecified atom stereocenters. The monoisotopic (exact) mass is 192 g/mol. The fourth-order valence-electron chi connectivity index (χ4n) is 0.953. The molecule has 1 atom stereocenters. The molecule has 0 fully saturated rings. The molecule has 0 aliphatic rings. The summed E-state index contributed by atoms with van der Waals surface area (Å²) in [6.07, 6.45) is 3.54. The largest absolute Gasteiger partial charge is 0.402 e. The Morgan fingerprint density at radius 2 is 2.00 bits per heavy atom. The van der Waals surface area contributed by atoms with Gasteiger partial charge in [0.25, 0.3) is 0 Å². The minimum atomic E-state index is 0.302. The molecule has 78 valence electrons. The fourth-order valence-corrected chi connectivity index (χ4v) is 0.953. The highest BCUT2D eigenvalue weighted by atomic mass is 14.6. The van der Waals surface area contributed by atoms with Crippen molar-refractivity contribution < 1.29 is 0 Å². The molecule has 2 heteroatoms. The van der Waals surface area contributed by atoms with Gasteiger partial charge in [0, 0.05) is 17.8 Å². The average molecular weight is 192 g/mol. The predicted octanol–water partition coefficient (Wildman–Crippen LogP) is 2.45. The van der Waals surface area contributed by atoms with Gasteiger partial charge >= 0.3 is 0 Å². The Labute approximate surface area is 86.7 Å². The molecule has 0 saturated carbocycles. The third-order valence-electron chi connectivity index (χ3n) is 1.95. The Morgan fingerprint density at radius 3 is 2.43 bits per heavy atom. The molecule has 0 spiro atoms. The van der Waals surface area contributed by atoms with E-state index in [1.807, 2.05) is 19.9 Å².